The summed E-state index contributed by atoms with van der Waals surface area (Å²) in [6.45, 7) is 3.08. The molecule has 2 aromatic rings. The molecule has 0 bridgehead atoms. The Morgan fingerprint density at radius 1 is 1.24 bits per heavy atom. The maximum Gasteiger partial charge on any atom is 0.322 e. The molecule has 6 heteroatoms. The molecule has 2 N–H and O–H groups in total. The van der Waals surface area contributed by atoms with Crippen LogP contribution in [-0.4, -0.2) is 41.6 Å². The summed E-state index contributed by atoms with van der Waals surface area (Å²) in [5.74, 6) is 1.24. The molecule has 0 saturated carbocycles. The molecule has 130 valence electrons. The molecule has 2 aliphatic heterocycles. The standard InChI is InChI=1S/C19H22N4O2/c24-19(23-10-8-14-11-20-12-17(14)23)22-16-6-1-2-7-18(16)25-13-15-5-3-4-9-21-15/h1-7,9,14,17,20H,8,10-13H2,(H,22,24)/t14-,17+/m0/s1. The fourth-order valence-electron chi connectivity index (χ4n) is 3.62. The number of benzene rings is 1. The van der Waals surface area contributed by atoms with Crippen LogP contribution >= 0.6 is 0 Å². The molecule has 0 spiro atoms. The van der Waals surface area contributed by atoms with Crippen molar-refractivity contribution in [3.8, 4) is 5.75 Å². The number of aromatic nitrogens is 1. The Balaban J connectivity index is 1.43. The molecule has 4 rings (SSSR count). The van der Waals surface area contributed by atoms with Gasteiger partial charge in [0.1, 0.15) is 12.4 Å². The maximum atomic E-state index is 12.7. The molecular formula is C19H22N4O2. The highest BCUT2D eigenvalue weighted by molar-refractivity contribution is 5.91. The number of anilines is 1. The van der Waals surface area contributed by atoms with Crippen molar-refractivity contribution in [2.24, 2.45) is 5.92 Å². The van der Waals surface area contributed by atoms with Crippen LogP contribution in [0.1, 0.15) is 12.1 Å². The average molecular weight is 338 g/mol. The topological polar surface area (TPSA) is 66.5 Å². The number of pyridine rings is 1. The second kappa shape index (κ2) is 7.11. The number of ether oxygens (including phenoxy) is 1. The number of carbonyl (C=O) groups is 1. The van der Waals surface area contributed by atoms with Crippen LogP contribution in [0.2, 0.25) is 0 Å². The van der Waals surface area contributed by atoms with Gasteiger partial charge in [0.25, 0.3) is 0 Å². The van der Waals surface area contributed by atoms with E-state index in [1.165, 1.54) is 0 Å². The third-order valence-corrected chi connectivity index (χ3v) is 4.94. The van der Waals surface area contributed by atoms with Gasteiger partial charge < -0.3 is 20.3 Å². The van der Waals surface area contributed by atoms with E-state index >= 15 is 0 Å². The SMILES string of the molecule is O=C(Nc1ccccc1OCc1ccccn1)N1CC[C@H]2CNC[C@H]21. The fourth-order valence-corrected chi connectivity index (χ4v) is 3.62. The van der Waals surface area contributed by atoms with Crippen molar-refractivity contribution in [1.29, 1.82) is 0 Å². The predicted molar refractivity (Wildman–Crippen MR) is 95.5 cm³/mol. The molecule has 2 fully saturated rings. The normalized spacial score (nSPS) is 21.8. The summed E-state index contributed by atoms with van der Waals surface area (Å²) in [6.07, 6.45) is 2.81. The zero-order valence-electron chi connectivity index (χ0n) is 14.0. The summed E-state index contributed by atoms with van der Waals surface area (Å²) in [5, 5.41) is 6.38. The molecule has 3 heterocycles. The summed E-state index contributed by atoms with van der Waals surface area (Å²) in [7, 11) is 0. The molecule has 0 radical (unpaired) electrons. The predicted octanol–water partition coefficient (Wildman–Crippen LogP) is 2.49. The smallest absolute Gasteiger partial charge is 0.322 e. The Morgan fingerprint density at radius 2 is 2.12 bits per heavy atom. The first-order chi connectivity index (χ1) is 12.3. The third-order valence-electron chi connectivity index (χ3n) is 4.94. The molecule has 2 aliphatic rings. The van der Waals surface area contributed by atoms with Crippen LogP contribution in [0, 0.1) is 5.92 Å². The van der Waals surface area contributed by atoms with Crippen LogP contribution < -0.4 is 15.4 Å². The molecule has 0 unspecified atom stereocenters. The third kappa shape index (κ3) is 3.44. The number of nitrogens with one attached hydrogen (secondary N) is 2. The molecular weight excluding hydrogens is 316 g/mol. The Bertz CT molecular complexity index is 737. The number of amides is 2. The van der Waals surface area contributed by atoms with E-state index in [1.807, 2.05) is 47.4 Å². The van der Waals surface area contributed by atoms with Gasteiger partial charge in [0.15, 0.2) is 0 Å². The highest BCUT2D eigenvalue weighted by Crippen LogP contribution is 2.29. The first kappa shape index (κ1) is 15.9. The Labute approximate surface area is 147 Å². The Kier molecular flexibility index (Phi) is 4.52. The second-order valence-corrected chi connectivity index (χ2v) is 6.50. The van der Waals surface area contributed by atoms with Crippen molar-refractivity contribution in [3.05, 3.63) is 54.4 Å². The van der Waals surface area contributed by atoms with Crippen molar-refractivity contribution >= 4 is 11.7 Å². The first-order valence-corrected chi connectivity index (χ1v) is 8.71. The monoisotopic (exact) mass is 338 g/mol. The van der Waals surface area contributed by atoms with Crippen LogP contribution in [0.4, 0.5) is 10.5 Å². The summed E-state index contributed by atoms with van der Waals surface area (Å²) in [6, 6.07) is 13.5. The van der Waals surface area contributed by atoms with Crippen molar-refractivity contribution < 1.29 is 9.53 Å². The Morgan fingerprint density at radius 3 is 3.00 bits per heavy atom. The number of rotatable bonds is 4. The number of hydrogen-bond donors (Lipinski definition) is 2. The summed E-state index contributed by atoms with van der Waals surface area (Å²) < 4.78 is 5.87. The highest BCUT2D eigenvalue weighted by Gasteiger charge is 2.40. The van der Waals surface area contributed by atoms with E-state index in [4.69, 9.17) is 4.74 Å². The molecule has 2 atom stereocenters. The molecule has 1 aromatic heterocycles. The number of carbonyl (C=O) groups excluding carboxylic acids is 1. The molecule has 1 aromatic carbocycles. The van der Waals surface area contributed by atoms with E-state index in [1.54, 1.807) is 6.20 Å². The van der Waals surface area contributed by atoms with Crippen LogP contribution in [0.25, 0.3) is 0 Å². The van der Waals surface area contributed by atoms with Gasteiger partial charge in [-0.1, -0.05) is 18.2 Å². The number of nitrogens with zero attached hydrogens (tertiary/aromatic N) is 2. The quantitative estimate of drug-likeness (QED) is 0.899. The van der Waals surface area contributed by atoms with E-state index in [2.05, 4.69) is 15.6 Å². The maximum absolute atomic E-state index is 12.7. The van der Waals surface area contributed by atoms with E-state index in [-0.39, 0.29) is 6.03 Å². The lowest BCUT2D eigenvalue weighted by Gasteiger charge is -2.24. The fraction of sp³-hybridized carbons (Fsp3) is 0.368. The summed E-state index contributed by atoms with van der Waals surface area (Å²) >= 11 is 0. The van der Waals surface area contributed by atoms with Gasteiger partial charge in [-0.2, -0.15) is 0 Å². The van der Waals surface area contributed by atoms with Gasteiger partial charge in [0.2, 0.25) is 0 Å². The number of likely N-dealkylation sites (tertiary alicyclic amines) is 1. The number of hydrogen-bond acceptors (Lipinski definition) is 4. The van der Waals surface area contributed by atoms with Gasteiger partial charge >= 0.3 is 6.03 Å². The van der Waals surface area contributed by atoms with Crippen LogP contribution in [0.3, 0.4) is 0 Å². The number of urea groups is 1. The molecule has 2 saturated heterocycles. The van der Waals surface area contributed by atoms with Crippen molar-refractivity contribution in [3.63, 3.8) is 0 Å². The minimum Gasteiger partial charge on any atom is -0.485 e. The van der Waals surface area contributed by atoms with Gasteiger partial charge in [-0.05, 0) is 36.6 Å². The lowest BCUT2D eigenvalue weighted by molar-refractivity contribution is 0.206. The zero-order chi connectivity index (χ0) is 17.1. The van der Waals surface area contributed by atoms with Crippen molar-refractivity contribution in [2.45, 2.75) is 19.1 Å². The average Bonchev–Trinajstić information content (AvgIpc) is 3.25. The van der Waals surface area contributed by atoms with Gasteiger partial charge in [0, 0.05) is 31.9 Å². The second-order valence-electron chi connectivity index (χ2n) is 6.50. The van der Waals surface area contributed by atoms with Gasteiger partial charge in [-0.15, -0.1) is 0 Å². The largest absolute Gasteiger partial charge is 0.485 e. The van der Waals surface area contributed by atoms with Crippen LogP contribution in [0.5, 0.6) is 5.75 Å². The number of para-hydroxylation sites is 2. The van der Waals surface area contributed by atoms with Gasteiger partial charge in [-0.25, -0.2) is 4.79 Å². The molecule has 2 amide bonds. The molecule has 6 nitrogen and oxygen atoms in total. The lowest BCUT2D eigenvalue weighted by atomic mass is 10.1. The minimum atomic E-state index is -0.0508. The summed E-state index contributed by atoms with van der Waals surface area (Å²) in [5.41, 5.74) is 1.54. The van der Waals surface area contributed by atoms with Gasteiger partial charge in [0.05, 0.1) is 11.4 Å². The summed E-state index contributed by atoms with van der Waals surface area (Å²) in [4.78, 5) is 18.9. The molecule has 25 heavy (non-hydrogen) atoms. The zero-order valence-corrected chi connectivity index (χ0v) is 14.0. The first-order valence-electron chi connectivity index (χ1n) is 8.71. The van der Waals surface area contributed by atoms with E-state index < -0.39 is 0 Å². The van der Waals surface area contributed by atoms with E-state index in [0.717, 1.165) is 31.7 Å². The molecule has 0 aliphatic carbocycles. The van der Waals surface area contributed by atoms with Gasteiger partial charge in [-0.3, -0.25) is 4.98 Å². The van der Waals surface area contributed by atoms with E-state index in [9.17, 15) is 4.79 Å². The van der Waals surface area contributed by atoms with Crippen molar-refractivity contribution in [1.82, 2.24) is 15.2 Å². The van der Waals surface area contributed by atoms with Crippen molar-refractivity contribution in [2.75, 3.05) is 25.0 Å². The minimum absolute atomic E-state index is 0.0508. The van der Waals surface area contributed by atoms with E-state index in [0.29, 0.717) is 30.0 Å². The highest BCUT2D eigenvalue weighted by atomic mass is 16.5. The number of fused-ring (bicyclic) bond motifs is 1. The van der Waals surface area contributed by atoms with Crippen LogP contribution in [0.15, 0.2) is 48.7 Å². The Hall–Kier alpha value is -2.60. The van der Waals surface area contributed by atoms with Crippen LogP contribution in [-0.2, 0) is 6.61 Å². The lowest BCUT2D eigenvalue weighted by Crippen LogP contribution is -2.41.